The quantitative estimate of drug-likeness (QED) is 0.806. The summed E-state index contributed by atoms with van der Waals surface area (Å²) in [7, 11) is 0. The second-order valence-corrected chi connectivity index (χ2v) is 5.50. The van der Waals surface area contributed by atoms with Crippen molar-refractivity contribution in [3.8, 4) is 0 Å². The van der Waals surface area contributed by atoms with Crippen LogP contribution in [0, 0.1) is 0 Å². The average Bonchev–Trinajstić information content (AvgIpc) is 2.56. The fourth-order valence-corrected chi connectivity index (χ4v) is 3.32. The van der Waals surface area contributed by atoms with E-state index in [0.717, 1.165) is 0 Å². The molecule has 1 nitrogen and oxygen atoms in total. The van der Waals surface area contributed by atoms with Crippen molar-refractivity contribution in [2.45, 2.75) is 36.3 Å². The molecule has 0 bridgehead atoms. The van der Waals surface area contributed by atoms with Crippen molar-refractivity contribution in [2.75, 3.05) is 6.61 Å². The van der Waals surface area contributed by atoms with Gasteiger partial charge in [0.25, 0.3) is 0 Å². The Kier molecular flexibility index (Phi) is 2.84. The van der Waals surface area contributed by atoms with Crippen molar-refractivity contribution in [3.63, 3.8) is 0 Å². The molecular formula is C12H16OS. The van der Waals surface area contributed by atoms with Crippen LogP contribution < -0.4 is 0 Å². The molecule has 2 unspecified atom stereocenters. The summed E-state index contributed by atoms with van der Waals surface area (Å²) in [4.78, 5) is 1.42. The van der Waals surface area contributed by atoms with Gasteiger partial charge in [-0.3, -0.25) is 0 Å². The van der Waals surface area contributed by atoms with E-state index in [0.29, 0.717) is 5.25 Å². The Balaban J connectivity index is 2.39. The molecule has 2 heteroatoms. The first-order chi connectivity index (χ1) is 6.72. The number of aliphatic hydroxyl groups excluding tert-OH is 1. The molecule has 1 aliphatic rings. The van der Waals surface area contributed by atoms with E-state index in [1.54, 1.807) is 0 Å². The van der Waals surface area contributed by atoms with Crippen LogP contribution in [-0.2, 0) is 6.42 Å². The highest BCUT2D eigenvalue weighted by atomic mass is 32.2. The fourth-order valence-electron chi connectivity index (χ4n) is 1.95. The lowest BCUT2D eigenvalue weighted by molar-refractivity contribution is 0.272. The first-order valence-electron chi connectivity index (χ1n) is 5.11. The minimum Gasteiger partial charge on any atom is -0.396 e. The first-order valence-corrected chi connectivity index (χ1v) is 5.99. The minimum absolute atomic E-state index is 0.241. The number of benzene rings is 1. The summed E-state index contributed by atoms with van der Waals surface area (Å²) < 4.78 is 0. The number of rotatable bonds is 2. The predicted molar refractivity (Wildman–Crippen MR) is 61.0 cm³/mol. The largest absolute Gasteiger partial charge is 0.396 e. The molecule has 0 aliphatic carbocycles. The van der Waals surface area contributed by atoms with Gasteiger partial charge in [-0.25, -0.2) is 0 Å². The average molecular weight is 208 g/mol. The summed E-state index contributed by atoms with van der Waals surface area (Å²) in [6, 6.07) is 6.46. The summed E-state index contributed by atoms with van der Waals surface area (Å²) in [6.07, 6.45) is 1.17. The minimum atomic E-state index is 0.241. The van der Waals surface area contributed by atoms with Crippen LogP contribution in [0.15, 0.2) is 23.1 Å². The van der Waals surface area contributed by atoms with E-state index in [9.17, 15) is 5.11 Å². The topological polar surface area (TPSA) is 20.2 Å². The monoisotopic (exact) mass is 208 g/mol. The molecule has 1 aromatic rings. The summed E-state index contributed by atoms with van der Waals surface area (Å²) in [5.41, 5.74) is 2.78. The second-order valence-electron chi connectivity index (χ2n) is 4.05. The molecule has 2 atom stereocenters. The van der Waals surface area contributed by atoms with Gasteiger partial charge in [0.05, 0.1) is 0 Å². The van der Waals surface area contributed by atoms with Gasteiger partial charge in [0.1, 0.15) is 0 Å². The molecule has 76 valence electrons. The maximum Gasteiger partial charge on any atom is 0.0497 e. The third kappa shape index (κ3) is 1.69. The van der Waals surface area contributed by atoms with Gasteiger partial charge in [-0.1, -0.05) is 32.0 Å². The highest BCUT2D eigenvalue weighted by molar-refractivity contribution is 8.00. The summed E-state index contributed by atoms with van der Waals surface area (Å²) >= 11 is 1.95. The van der Waals surface area contributed by atoms with E-state index >= 15 is 0 Å². The van der Waals surface area contributed by atoms with Crippen LogP contribution in [0.4, 0.5) is 0 Å². The molecule has 1 heterocycles. The Morgan fingerprint density at radius 3 is 3.07 bits per heavy atom. The van der Waals surface area contributed by atoms with Crippen molar-refractivity contribution >= 4 is 11.8 Å². The molecule has 0 amide bonds. The number of hydrogen-bond acceptors (Lipinski definition) is 2. The Labute approximate surface area is 89.5 Å². The Morgan fingerprint density at radius 2 is 2.36 bits per heavy atom. The molecule has 1 aliphatic heterocycles. The van der Waals surface area contributed by atoms with Gasteiger partial charge < -0.3 is 5.11 Å². The number of fused-ring (bicyclic) bond motifs is 1. The third-order valence-electron chi connectivity index (χ3n) is 2.76. The number of thioether (sulfide) groups is 1. The van der Waals surface area contributed by atoms with Crippen molar-refractivity contribution in [1.82, 2.24) is 0 Å². The van der Waals surface area contributed by atoms with Gasteiger partial charge >= 0.3 is 0 Å². The lowest BCUT2D eigenvalue weighted by Crippen LogP contribution is -2.00. The van der Waals surface area contributed by atoms with Crippen molar-refractivity contribution in [3.05, 3.63) is 29.3 Å². The van der Waals surface area contributed by atoms with Gasteiger partial charge in [0.15, 0.2) is 0 Å². The lowest BCUT2D eigenvalue weighted by Gasteiger charge is -2.12. The Hall–Kier alpha value is -0.470. The van der Waals surface area contributed by atoms with Crippen LogP contribution >= 0.6 is 11.8 Å². The van der Waals surface area contributed by atoms with E-state index in [2.05, 4.69) is 32.0 Å². The normalized spacial score (nSPS) is 22.1. The standard InChI is InChI=1S/C12H16OS/c1-8(7-13)11-5-3-4-10-6-9(2)14-12(10)11/h3-5,8-9,13H,6-7H2,1-2H3. The van der Waals surface area contributed by atoms with E-state index in [1.807, 2.05) is 11.8 Å². The molecular weight excluding hydrogens is 192 g/mol. The van der Waals surface area contributed by atoms with Crippen LogP contribution in [0.25, 0.3) is 0 Å². The highest BCUT2D eigenvalue weighted by Crippen LogP contribution is 2.41. The van der Waals surface area contributed by atoms with Crippen LogP contribution in [0.1, 0.15) is 30.9 Å². The number of hydrogen-bond donors (Lipinski definition) is 1. The second kappa shape index (κ2) is 3.95. The summed E-state index contributed by atoms with van der Waals surface area (Å²) in [5, 5.41) is 9.87. The van der Waals surface area contributed by atoms with Gasteiger partial charge in [0, 0.05) is 22.7 Å². The smallest absolute Gasteiger partial charge is 0.0497 e. The van der Waals surface area contributed by atoms with Crippen molar-refractivity contribution in [1.29, 1.82) is 0 Å². The molecule has 0 fully saturated rings. The summed E-state index contributed by atoms with van der Waals surface area (Å²) in [5.74, 6) is 0.266. The zero-order chi connectivity index (χ0) is 10.1. The molecule has 1 N–H and O–H groups in total. The zero-order valence-corrected chi connectivity index (χ0v) is 9.47. The van der Waals surface area contributed by atoms with E-state index < -0.39 is 0 Å². The maximum absolute atomic E-state index is 9.18. The number of aliphatic hydroxyl groups is 1. The van der Waals surface area contributed by atoms with Gasteiger partial charge in [-0.05, 0) is 17.5 Å². The lowest BCUT2D eigenvalue weighted by atomic mass is 9.98. The van der Waals surface area contributed by atoms with E-state index in [1.165, 1.54) is 22.4 Å². The molecule has 14 heavy (non-hydrogen) atoms. The van der Waals surface area contributed by atoms with Gasteiger partial charge in [-0.2, -0.15) is 0 Å². The highest BCUT2D eigenvalue weighted by Gasteiger charge is 2.22. The molecule has 0 aromatic heterocycles. The predicted octanol–water partition coefficient (Wildman–Crippen LogP) is 2.82. The van der Waals surface area contributed by atoms with Crippen LogP contribution in [0.2, 0.25) is 0 Å². The van der Waals surface area contributed by atoms with Crippen LogP contribution in [0.3, 0.4) is 0 Å². The Morgan fingerprint density at radius 1 is 1.57 bits per heavy atom. The molecule has 1 aromatic carbocycles. The molecule has 0 saturated heterocycles. The summed E-state index contributed by atoms with van der Waals surface area (Å²) in [6.45, 7) is 4.59. The third-order valence-corrected chi connectivity index (χ3v) is 4.06. The molecule has 0 saturated carbocycles. The van der Waals surface area contributed by atoms with Crippen LogP contribution in [0.5, 0.6) is 0 Å². The fraction of sp³-hybridized carbons (Fsp3) is 0.500. The van der Waals surface area contributed by atoms with E-state index in [-0.39, 0.29) is 12.5 Å². The zero-order valence-electron chi connectivity index (χ0n) is 8.66. The maximum atomic E-state index is 9.18. The van der Waals surface area contributed by atoms with Crippen LogP contribution in [-0.4, -0.2) is 17.0 Å². The first kappa shape index (κ1) is 10.1. The SMILES string of the molecule is CC1Cc2cccc(C(C)CO)c2S1. The Bertz CT molecular complexity index is 335. The van der Waals surface area contributed by atoms with E-state index in [4.69, 9.17) is 0 Å². The van der Waals surface area contributed by atoms with Crippen molar-refractivity contribution < 1.29 is 5.11 Å². The van der Waals surface area contributed by atoms with Gasteiger partial charge in [-0.15, -0.1) is 11.8 Å². The molecule has 0 radical (unpaired) electrons. The van der Waals surface area contributed by atoms with Crippen molar-refractivity contribution in [2.24, 2.45) is 0 Å². The molecule has 2 rings (SSSR count). The van der Waals surface area contributed by atoms with Gasteiger partial charge in [0.2, 0.25) is 0 Å². The molecule has 0 spiro atoms.